The van der Waals surface area contributed by atoms with E-state index in [1.807, 2.05) is 6.08 Å². The lowest BCUT2D eigenvalue weighted by molar-refractivity contribution is -0.137. The molecule has 0 radical (unpaired) electrons. The maximum atomic E-state index is 13.5. The third kappa shape index (κ3) is 3.54. The maximum absolute atomic E-state index is 13.5. The number of amides is 1. The Morgan fingerprint density at radius 1 is 1.06 bits per heavy atom. The number of anilines is 1. The van der Waals surface area contributed by atoms with Crippen LogP contribution in [0.4, 0.5) is 18.9 Å². The molecule has 0 heterocycles. The van der Waals surface area contributed by atoms with Crippen molar-refractivity contribution in [3.8, 4) is 0 Å². The van der Waals surface area contributed by atoms with Crippen molar-refractivity contribution in [3.63, 3.8) is 0 Å². The Hall–Kier alpha value is -2.11. The fraction of sp³-hybridized carbons (Fsp3) is 0.643. The second kappa shape index (κ2) is 7.96. The number of hydrogen-bond acceptors (Lipinski definition) is 2. The first-order valence-corrected chi connectivity index (χ1v) is 12.7. The van der Waals surface area contributed by atoms with Crippen molar-refractivity contribution in [1.29, 1.82) is 0 Å². The summed E-state index contributed by atoms with van der Waals surface area (Å²) in [6.07, 6.45) is 3.43. The Bertz CT molecular complexity index is 1050. The summed E-state index contributed by atoms with van der Waals surface area (Å²) in [6, 6.07) is 5.23. The Morgan fingerprint density at radius 2 is 1.79 bits per heavy atom. The Balaban J connectivity index is 1.40. The minimum absolute atomic E-state index is 0.0540. The molecule has 6 heteroatoms. The van der Waals surface area contributed by atoms with Crippen molar-refractivity contribution in [2.45, 2.75) is 71.9 Å². The van der Waals surface area contributed by atoms with Crippen LogP contribution in [0.25, 0.3) is 0 Å². The van der Waals surface area contributed by atoms with Gasteiger partial charge in [0.15, 0.2) is 5.78 Å². The molecule has 3 nitrogen and oxygen atoms in total. The van der Waals surface area contributed by atoms with Crippen LogP contribution in [0.5, 0.6) is 0 Å². The van der Waals surface area contributed by atoms with Gasteiger partial charge in [0.1, 0.15) is 0 Å². The lowest BCUT2D eigenvalue weighted by atomic mass is 9.44. The number of halogens is 3. The van der Waals surface area contributed by atoms with Crippen molar-refractivity contribution < 1.29 is 22.8 Å². The van der Waals surface area contributed by atoms with Gasteiger partial charge < -0.3 is 5.32 Å². The predicted molar refractivity (Wildman–Crippen MR) is 125 cm³/mol. The van der Waals surface area contributed by atoms with E-state index in [0.717, 1.165) is 44.6 Å². The summed E-state index contributed by atoms with van der Waals surface area (Å²) in [7, 11) is 0. The number of allylic oxidation sites excluding steroid dienone is 1. The fourth-order valence-electron chi connectivity index (χ4n) is 8.39. The van der Waals surface area contributed by atoms with E-state index in [0.29, 0.717) is 30.1 Å². The number of alkyl halides is 3. The number of carbonyl (C=O) groups is 2. The molecule has 3 saturated carbocycles. The highest BCUT2D eigenvalue weighted by atomic mass is 19.4. The van der Waals surface area contributed by atoms with Gasteiger partial charge in [-0.05, 0) is 91.2 Å². The Labute approximate surface area is 199 Å². The van der Waals surface area contributed by atoms with Crippen molar-refractivity contribution in [3.05, 3.63) is 41.5 Å². The van der Waals surface area contributed by atoms with E-state index < -0.39 is 11.7 Å². The Morgan fingerprint density at radius 3 is 2.53 bits per heavy atom. The number of carbonyl (C=O) groups excluding carboxylic acids is 2. The molecule has 4 unspecified atom stereocenters. The third-order valence-electron chi connectivity index (χ3n) is 10.1. The predicted octanol–water partition coefficient (Wildman–Crippen LogP) is 7.04. The van der Waals surface area contributed by atoms with Gasteiger partial charge in [0.25, 0.3) is 0 Å². The van der Waals surface area contributed by atoms with E-state index in [4.69, 9.17) is 0 Å². The summed E-state index contributed by atoms with van der Waals surface area (Å²) in [4.78, 5) is 25.5. The maximum Gasteiger partial charge on any atom is 0.418 e. The zero-order valence-corrected chi connectivity index (χ0v) is 20.2. The van der Waals surface area contributed by atoms with Crippen molar-refractivity contribution in [2.75, 3.05) is 5.32 Å². The monoisotopic (exact) mass is 473 g/mol. The van der Waals surface area contributed by atoms with Crippen molar-refractivity contribution >= 4 is 17.4 Å². The summed E-state index contributed by atoms with van der Waals surface area (Å²) in [5, 5.41) is 2.65. The lowest BCUT2D eigenvalue weighted by Crippen LogP contribution is -2.54. The van der Waals surface area contributed by atoms with E-state index in [-0.39, 0.29) is 34.1 Å². The summed E-state index contributed by atoms with van der Waals surface area (Å²) < 4.78 is 40.4. The molecular weight excluding hydrogens is 439 g/mol. The van der Waals surface area contributed by atoms with Gasteiger partial charge in [-0.3, -0.25) is 9.59 Å². The highest BCUT2D eigenvalue weighted by Gasteiger charge is 2.61. The number of benzene rings is 1. The van der Waals surface area contributed by atoms with E-state index in [1.165, 1.54) is 23.8 Å². The molecule has 0 spiro atoms. The average molecular weight is 474 g/mol. The number of para-hydroxylation sites is 1. The average Bonchev–Trinajstić information content (AvgIpc) is 3.12. The SMILES string of the molecule is CC1CC2=CC(=O)CC[C@]2(C)C2CC[C@@]3(C)C(CC[C@@H]3C(=O)Nc3ccccc3C(F)(F)F)C12. The first-order chi connectivity index (χ1) is 15.9. The summed E-state index contributed by atoms with van der Waals surface area (Å²) >= 11 is 0. The highest BCUT2D eigenvalue weighted by molar-refractivity contribution is 5.94. The van der Waals surface area contributed by atoms with Crippen LogP contribution in [0, 0.1) is 40.4 Å². The van der Waals surface area contributed by atoms with Gasteiger partial charge in [-0.15, -0.1) is 0 Å². The van der Waals surface area contributed by atoms with Crippen LogP contribution >= 0.6 is 0 Å². The van der Waals surface area contributed by atoms with Gasteiger partial charge in [-0.1, -0.05) is 38.5 Å². The molecule has 4 aliphatic carbocycles. The summed E-state index contributed by atoms with van der Waals surface area (Å²) in [5.74, 6) is 1.48. The first-order valence-electron chi connectivity index (χ1n) is 12.7. The topological polar surface area (TPSA) is 46.2 Å². The first kappa shape index (κ1) is 23.6. The molecule has 3 fully saturated rings. The van der Waals surface area contributed by atoms with Gasteiger partial charge in [-0.2, -0.15) is 13.2 Å². The van der Waals surface area contributed by atoms with Crippen LogP contribution in [-0.4, -0.2) is 11.7 Å². The third-order valence-corrected chi connectivity index (χ3v) is 10.1. The molecule has 1 aromatic carbocycles. The fourth-order valence-corrected chi connectivity index (χ4v) is 8.39. The Kier molecular flexibility index (Phi) is 5.53. The number of ketones is 1. The van der Waals surface area contributed by atoms with Gasteiger partial charge >= 0.3 is 6.18 Å². The van der Waals surface area contributed by atoms with E-state index >= 15 is 0 Å². The molecule has 184 valence electrons. The number of hydrogen-bond donors (Lipinski definition) is 1. The molecule has 4 aliphatic rings. The smallest absolute Gasteiger partial charge is 0.325 e. The largest absolute Gasteiger partial charge is 0.418 e. The van der Waals surface area contributed by atoms with E-state index in [1.54, 1.807) is 0 Å². The number of fused-ring (bicyclic) bond motifs is 5. The second-order valence-corrected chi connectivity index (χ2v) is 11.7. The van der Waals surface area contributed by atoms with E-state index in [2.05, 4.69) is 26.1 Å². The lowest BCUT2D eigenvalue weighted by Gasteiger charge is -2.60. The zero-order chi connectivity index (χ0) is 24.5. The molecule has 0 aliphatic heterocycles. The van der Waals surface area contributed by atoms with Crippen LogP contribution in [0.2, 0.25) is 0 Å². The molecule has 0 bridgehead atoms. The molecule has 5 rings (SSSR count). The molecule has 0 saturated heterocycles. The standard InChI is InChI=1S/C28H34F3NO2/c1-16-14-17-15-18(33)10-12-26(17,2)21-11-13-27(3)20(24(16)21)8-9-22(27)25(34)32-23-7-5-4-6-19(23)28(29,30)31/h4-7,15-16,20-22,24H,8-14H2,1-3H3,(H,32,34)/t16?,20?,21?,22-,24?,26+,27+/m1/s1. The highest BCUT2D eigenvalue weighted by Crippen LogP contribution is 2.67. The van der Waals surface area contributed by atoms with Crippen LogP contribution in [0.15, 0.2) is 35.9 Å². The van der Waals surface area contributed by atoms with Crippen LogP contribution < -0.4 is 5.32 Å². The van der Waals surface area contributed by atoms with Gasteiger partial charge in [0.2, 0.25) is 5.91 Å². The van der Waals surface area contributed by atoms with Crippen LogP contribution in [0.3, 0.4) is 0 Å². The summed E-state index contributed by atoms with van der Waals surface area (Å²) in [5.41, 5.74) is 0.206. The zero-order valence-electron chi connectivity index (χ0n) is 20.2. The number of nitrogens with one attached hydrogen (secondary N) is 1. The normalized spacial score (nSPS) is 39.5. The molecule has 1 N–H and O–H groups in total. The minimum Gasteiger partial charge on any atom is -0.325 e. The van der Waals surface area contributed by atoms with E-state index in [9.17, 15) is 22.8 Å². The van der Waals surface area contributed by atoms with Gasteiger partial charge in [0.05, 0.1) is 11.3 Å². The van der Waals surface area contributed by atoms with Crippen molar-refractivity contribution in [1.82, 2.24) is 0 Å². The molecule has 0 aromatic heterocycles. The number of rotatable bonds is 2. The molecule has 34 heavy (non-hydrogen) atoms. The quantitative estimate of drug-likeness (QED) is 0.501. The van der Waals surface area contributed by atoms with Gasteiger partial charge in [0, 0.05) is 12.3 Å². The molecular formula is C28H34F3NO2. The van der Waals surface area contributed by atoms with Gasteiger partial charge in [-0.25, -0.2) is 0 Å². The van der Waals surface area contributed by atoms with Crippen LogP contribution in [-0.2, 0) is 15.8 Å². The molecule has 7 atom stereocenters. The molecule has 1 aromatic rings. The molecule has 1 amide bonds. The van der Waals surface area contributed by atoms with Crippen molar-refractivity contribution in [2.24, 2.45) is 40.4 Å². The minimum atomic E-state index is -4.51. The second-order valence-electron chi connectivity index (χ2n) is 11.7. The summed E-state index contributed by atoms with van der Waals surface area (Å²) in [6.45, 7) is 6.83. The van der Waals surface area contributed by atoms with Crippen LogP contribution in [0.1, 0.15) is 71.3 Å².